The van der Waals surface area contributed by atoms with Gasteiger partial charge in [-0.25, -0.2) is 14.8 Å². The third-order valence-electron chi connectivity index (χ3n) is 4.19. The Bertz CT molecular complexity index is 972. The van der Waals surface area contributed by atoms with Crippen LogP contribution in [0, 0.1) is 5.95 Å². The highest BCUT2D eigenvalue weighted by atomic mass is 19.1. The molecule has 3 aromatic heterocycles. The second kappa shape index (κ2) is 5.55. The first-order chi connectivity index (χ1) is 11.6. The number of rotatable bonds is 3. The van der Waals surface area contributed by atoms with Gasteiger partial charge in [0.2, 0.25) is 11.9 Å². The van der Waals surface area contributed by atoms with Crippen LogP contribution in [0.4, 0.5) is 4.39 Å². The van der Waals surface area contributed by atoms with E-state index in [1.807, 2.05) is 0 Å². The van der Waals surface area contributed by atoms with Crippen LogP contribution < -0.4 is 5.69 Å². The van der Waals surface area contributed by atoms with E-state index in [0.29, 0.717) is 22.3 Å². The van der Waals surface area contributed by atoms with Crippen molar-refractivity contribution in [3.63, 3.8) is 0 Å². The molecule has 0 radical (unpaired) electrons. The molecular weight excluding hydrogens is 313 g/mol. The number of imidazole rings is 1. The molecule has 4 rings (SSSR count). The molecule has 1 amide bonds. The van der Waals surface area contributed by atoms with E-state index in [1.165, 1.54) is 16.8 Å². The van der Waals surface area contributed by atoms with Gasteiger partial charge in [-0.15, -0.1) is 0 Å². The summed E-state index contributed by atoms with van der Waals surface area (Å²) in [7, 11) is 0. The van der Waals surface area contributed by atoms with Gasteiger partial charge in [-0.2, -0.15) is 4.39 Å². The van der Waals surface area contributed by atoms with Crippen molar-refractivity contribution in [1.29, 1.82) is 0 Å². The molecule has 0 aromatic carbocycles. The van der Waals surface area contributed by atoms with Crippen molar-refractivity contribution in [2.75, 3.05) is 13.1 Å². The van der Waals surface area contributed by atoms with Gasteiger partial charge in [0.05, 0.1) is 5.52 Å². The van der Waals surface area contributed by atoms with Crippen LogP contribution in [-0.4, -0.2) is 43.4 Å². The minimum Gasteiger partial charge on any atom is -0.341 e. The lowest BCUT2D eigenvalue weighted by molar-refractivity contribution is -0.135. The molecule has 1 aliphatic heterocycles. The van der Waals surface area contributed by atoms with Gasteiger partial charge in [-0.05, 0) is 24.6 Å². The fraction of sp³-hybridized carbons (Fsp3) is 0.250. The summed E-state index contributed by atoms with van der Waals surface area (Å²) in [4.78, 5) is 36.5. The second-order valence-corrected chi connectivity index (χ2v) is 5.71. The molecule has 8 heteroatoms. The van der Waals surface area contributed by atoms with Gasteiger partial charge in [0.15, 0.2) is 5.65 Å². The fourth-order valence-electron chi connectivity index (χ4n) is 2.70. The Kier molecular flexibility index (Phi) is 3.37. The van der Waals surface area contributed by atoms with Crippen molar-refractivity contribution in [2.24, 2.45) is 0 Å². The van der Waals surface area contributed by atoms with Gasteiger partial charge in [0.25, 0.3) is 0 Å². The number of aromatic nitrogens is 4. The third-order valence-corrected chi connectivity index (χ3v) is 4.19. The Hall–Kier alpha value is -3.03. The zero-order valence-corrected chi connectivity index (χ0v) is 12.7. The van der Waals surface area contributed by atoms with Crippen LogP contribution in [-0.2, 0) is 11.3 Å². The van der Waals surface area contributed by atoms with Gasteiger partial charge >= 0.3 is 5.69 Å². The summed E-state index contributed by atoms with van der Waals surface area (Å²) >= 11 is 0. The van der Waals surface area contributed by atoms with Crippen LogP contribution in [0.25, 0.3) is 22.3 Å². The summed E-state index contributed by atoms with van der Waals surface area (Å²) < 4.78 is 14.3. The Morgan fingerprint density at radius 2 is 2.00 bits per heavy atom. The van der Waals surface area contributed by atoms with E-state index >= 15 is 0 Å². The average molecular weight is 327 g/mol. The van der Waals surface area contributed by atoms with Crippen molar-refractivity contribution < 1.29 is 9.18 Å². The van der Waals surface area contributed by atoms with Crippen molar-refractivity contribution in [3.8, 4) is 11.1 Å². The summed E-state index contributed by atoms with van der Waals surface area (Å²) in [5.74, 6) is -0.649. The fourth-order valence-corrected chi connectivity index (χ4v) is 2.70. The molecule has 1 fully saturated rings. The number of amides is 1. The van der Waals surface area contributed by atoms with Crippen molar-refractivity contribution in [3.05, 3.63) is 47.0 Å². The first-order valence-electron chi connectivity index (χ1n) is 7.60. The van der Waals surface area contributed by atoms with Gasteiger partial charge in [0, 0.05) is 36.6 Å². The molecule has 0 spiro atoms. The zero-order chi connectivity index (χ0) is 16.7. The predicted molar refractivity (Wildman–Crippen MR) is 84.7 cm³/mol. The summed E-state index contributed by atoms with van der Waals surface area (Å²) in [6.45, 7) is 1.45. The Morgan fingerprint density at radius 1 is 1.21 bits per heavy atom. The maximum Gasteiger partial charge on any atom is 0.328 e. The quantitative estimate of drug-likeness (QED) is 0.732. The molecule has 1 saturated heterocycles. The Labute approximate surface area is 135 Å². The molecule has 0 saturated carbocycles. The number of fused-ring (bicyclic) bond motifs is 1. The smallest absolute Gasteiger partial charge is 0.328 e. The molecule has 0 atom stereocenters. The van der Waals surface area contributed by atoms with E-state index in [0.717, 1.165) is 19.5 Å². The standard InChI is InChI=1S/C16H14FN5O2/c17-13-3-2-10(7-18-13)11-6-12-15(19-8-11)20-16(24)22(12)9-14(23)21-4-1-5-21/h2-3,6-8H,1,4-5,9H2,(H,19,20,24). The van der Waals surface area contributed by atoms with Gasteiger partial charge in [0.1, 0.15) is 6.54 Å². The number of likely N-dealkylation sites (tertiary alicyclic amines) is 1. The monoisotopic (exact) mass is 327 g/mol. The predicted octanol–water partition coefficient (Wildman–Crippen LogP) is 1.16. The van der Waals surface area contributed by atoms with Crippen molar-refractivity contribution in [1.82, 2.24) is 24.4 Å². The van der Waals surface area contributed by atoms with E-state index in [9.17, 15) is 14.0 Å². The first kappa shape index (κ1) is 14.6. The molecule has 0 unspecified atom stereocenters. The minimum absolute atomic E-state index is 0.0222. The maximum atomic E-state index is 13.0. The van der Waals surface area contributed by atoms with E-state index in [4.69, 9.17) is 0 Å². The average Bonchev–Trinajstić information content (AvgIpc) is 2.82. The van der Waals surface area contributed by atoms with Crippen molar-refractivity contribution >= 4 is 17.1 Å². The van der Waals surface area contributed by atoms with Crippen LogP contribution in [0.1, 0.15) is 6.42 Å². The SMILES string of the molecule is O=C(Cn1c(=O)[nH]c2ncc(-c3ccc(F)nc3)cc21)N1CCC1. The molecule has 122 valence electrons. The van der Waals surface area contributed by atoms with E-state index in [2.05, 4.69) is 15.0 Å². The number of carbonyl (C=O) groups excluding carboxylic acids is 1. The van der Waals surface area contributed by atoms with Crippen LogP contribution in [0.5, 0.6) is 0 Å². The lowest BCUT2D eigenvalue weighted by Gasteiger charge is -2.30. The van der Waals surface area contributed by atoms with Crippen LogP contribution in [0.2, 0.25) is 0 Å². The Balaban J connectivity index is 1.74. The second-order valence-electron chi connectivity index (χ2n) is 5.71. The number of nitrogens with zero attached hydrogens (tertiary/aromatic N) is 4. The number of halogens is 1. The highest BCUT2D eigenvalue weighted by Gasteiger charge is 2.22. The number of pyridine rings is 2. The lowest BCUT2D eigenvalue weighted by atomic mass is 10.1. The van der Waals surface area contributed by atoms with Crippen LogP contribution in [0.15, 0.2) is 35.4 Å². The van der Waals surface area contributed by atoms with Crippen LogP contribution >= 0.6 is 0 Å². The molecule has 1 aliphatic rings. The summed E-state index contributed by atoms with van der Waals surface area (Å²) in [6, 6.07) is 4.60. The molecule has 3 aromatic rings. The van der Waals surface area contributed by atoms with Gasteiger partial charge in [-0.1, -0.05) is 0 Å². The lowest BCUT2D eigenvalue weighted by Crippen LogP contribution is -2.44. The number of H-pyrrole nitrogens is 1. The number of hydrogen-bond donors (Lipinski definition) is 1. The number of carbonyl (C=O) groups is 1. The van der Waals surface area contributed by atoms with Gasteiger partial charge < -0.3 is 4.90 Å². The number of hydrogen-bond acceptors (Lipinski definition) is 4. The third kappa shape index (κ3) is 2.45. The van der Waals surface area contributed by atoms with Crippen LogP contribution in [0.3, 0.4) is 0 Å². The highest BCUT2D eigenvalue weighted by molar-refractivity contribution is 5.82. The van der Waals surface area contributed by atoms with Gasteiger partial charge in [-0.3, -0.25) is 14.3 Å². The summed E-state index contributed by atoms with van der Waals surface area (Å²) in [5.41, 5.74) is 1.95. The largest absolute Gasteiger partial charge is 0.341 e. The molecule has 4 heterocycles. The molecule has 1 N–H and O–H groups in total. The molecule has 7 nitrogen and oxygen atoms in total. The van der Waals surface area contributed by atoms with E-state index in [-0.39, 0.29) is 18.1 Å². The minimum atomic E-state index is -0.563. The number of aromatic amines is 1. The first-order valence-corrected chi connectivity index (χ1v) is 7.60. The molecule has 24 heavy (non-hydrogen) atoms. The maximum absolute atomic E-state index is 13.0. The topological polar surface area (TPSA) is 83.9 Å². The Morgan fingerprint density at radius 3 is 2.67 bits per heavy atom. The van der Waals surface area contributed by atoms with E-state index < -0.39 is 5.95 Å². The van der Waals surface area contributed by atoms with E-state index in [1.54, 1.807) is 23.2 Å². The zero-order valence-electron chi connectivity index (χ0n) is 12.7. The molecule has 0 bridgehead atoms. The summed E-state index contributed by atoms with van der Waals surface area (Å²) in [6.07, 6.45) is 3.98. The molecule has 0 aliphatic carbocycles. The van der Waals surface area contributed by atoms with Crippen molar-refractivity contribution in [2.45, 2.75) is 13.0 Å². The normalized spacial score (nSPS) is 14.0. The number of nitrogens with one attached hydrogen (secondary N) is 1. The summed E-state index contributed by atoms with van der Waals surface area (Å²) in [5, 5.41) is 0. The highest BCUT2D eigenvalue weighted by Crippen LogP contribution is 2.21. The molecular formula is C16H14FN5O2.